The predicted molar refractivity (Wildman–Crippen MR) is 106 cm³/mol. The second-order valence-corrected chi connectivity index (χ2v) is 8.84. The molecule has 26 heavy (non-hydrogen) atoms. The lowest BCUT2D eigenvalue weighted by Gasteiger charge is -2.30. The summed E-state index contributed by atoms with van der Waals surface area (Å²) >= 11 is 5.38. The Hall–Kier alpha value is -1.95. The minimum atomic E-state index is 0.127. The second-order valence-electron chi connectivity index (χ2n) is 8.45. The van der Waals surface area contributed by atoms with Crippen LogP contribution in [0, 0.1) is 17.1 Å². The van der Waals surface area contributed by atoms with Crippen molar-refractivity contribution in [2.75, 3.05) is 6.54 Å². The molecule has 1 aliphatic heterocycles. The van der Waals surface area contributed by atoms with Gasteiger partial charge in [0.1, 0.15) is 6.54 Å². The van der Waals surface area contributed by atoms with Gasteiger partial charge in [0.05, 0.1) is 0 Å². The quantitative estimate of drug-likeness (QED) is 0.812. The zero-order valence-electron chi connectivity index (χ0n) is 16.1. The Morgan fingerprint density at radius 3 is 2.65 bits per heavy atom. The molecule has 6 heteroatoms. The number of carbonyl (C=O) groups excluding carboxylic acids is 1. The molecule has 1 atom stereocenters. The molecular weight excluding hydrogens is 344 g/mol. The van der Waals surface area contributed by atoms with Crippen LogP contribution < -0.4 is 0 Å². The molecule has 5 nitrogen and oxygen atoms in total. The van der Waals surface area contributed by atoms with Crippen LogP contribution in [0.3, 0.4) is 0 Å². The van der Waals surface area contributed by atoms with Crippen molar-refractivity contribution >= 4 is 18.1 Å². The van der Waals surface area contributed by atoms with Crippen molar-refractivity contribution in [3.8, 4) is 11.4 Å². The van der Waals surface area contributed by atoms with E-state index in [9.17, 15) is 4.79 Å². The topological polar surface area (TPSA) is 53.9 Å². The number of benzene rings is 1. The minimum Gasteiger partial charge on any atom is -0.338 e. The van der Waals surface area contributed by atoms with E-state index < -0.39 is 0 Å². The minimum absolute atomic E-state index is 0.127. The Morgan fingerprint density at radius 1 is 1.31 bits per heavy atom. The molecule has 2 heterocycles. The Kier molecular flexibility index (Phi) is 5.32. The van der Waals surface area contributed by atoms with E-state index in [2.05, 4.69) is 31.0 Å². The van der Waals surface area contributed by atoms with Crippen LogP contribution in [-0.2, 0) is 11.3 Å². The van der Waals surface area contributed by atoms with Gasteiger partial charge in [0.15, 0.2) is 10.6 Å². The van der Waals surface area contributed by atoms with Gasteiger partial charge in [0, 0.05) is 18.2 Å². The average Bonchev–Trinajstić information content (AvgIpc) is 3.14. The summed E-state index contributed by atoms with van der Waals surface area (Å²) in [5.74, 6) is 0.845. The highest BCUT2D eigenvalue weighted by Gasteiger charge is 2.32. The normalized spacial score (nSPS) is 17.7. The van der Waals surface area contributed by atoms with E-state index in [1.54, 1.807) is 0 Å². The Balaban J connectivity index is 1.81. The molecule has 1 amide bonds. The predicted octanol–water partition coefficient (Wildman–Crippen LogP) is 4.34. The molecule has 1 fully saturated rings. The highest BCUT2D eigenvalue weighted by atomic mass is 32.1. The molecule has 1 aromatic heterocycles. The molecule has 0 saturated carbocycles. The van der Waals surface area contributed by atoms with Gasteiger partial charge in [-0.05, 0) is 43.8 Å². The number of aromatic amines is 1. The number of rotatable bonds is 4. The van der Waals surface area contributed by atoms with E-state index >= 15 is 0 Å². The molecule has 1 saturated heterocycles. The van der Waals surface area contributed by atoms with Crippen LogP contribution in [0.5, 0.6) is 0 Å². The molecule has 0 aliphatic carbocycles. The number of amides is 1. The fourth-order valence-electron chi connectivity index (χ4n) is 3.70. The Labute approximate surface area is 160 Å². The summed E-state index contributed by atoms with van der Waals surface area (Å²) in [6, 6.07) is 8.43. The van der Waals surface area contributed by atoms with E-state index in [1.807, 2.05) is 40.7 Å². The molecular formula is C20H28N4OS. The van der Waals surface area contributed by atoms with Gasteiger partial charge >= 0.3 is 0 Å². The van der Waals surface area contributed by atoms with E-state index in [-0.39, 0.29) is 17.9 Å². The van der Waals surface area contributed by atoms with Crippen molar-refractivity contribution in [1.29, 1.82) is 0 Å². The standard InChI is InChI=1S/C20H28N4OS/c1-14-7-9-15(10-8-14)18-21-22-19(26)24(18)13-17(25)23-11-5-6-16(23)12-20(2,3)4/h7-10,16H,5-6,11-13H2,1-4H3,(H,22,26)/t16-/m1/s1. The van der Waals surface area contributed by atoms with E-state index in [0.29, 0.717) is 10.8 Å². The Morgan fingerprint density at radius 2 is 2.00 bits per heavy atom. The van der Waals surface area contributed by atoms with Gasteiger partial charge in [-0.25, -0.2) is 0 Å². The van der Waals surface area contributed by atoms with Crippen molar-refractivity contribution in [3.63, 3.8) is 0 Å². The second kappa shape index (κ2) is 7.35. The number of likely N-dealkylation sites (tertiary alicyclic amines) is 1. The molecule has 0 unspecified atom stereocenters. The summed E-state index contributed by atoms with van der Waals surface area (Å²) < 4.78 is 2.30. The zero-order chi connectivity index (χ0) is 18.9. The molecule has 1 aromatic carbocycles. The fourth-order valence-corrected chi connectivity index (χ4v) is 3.89. The number of aromatic nitrogens is 3. The van der Waals surface area contributed by atoms with Gasteiger partial charge in [0.2, 0.25) is 5.91 Å². The number of hydrogen-bond donors (Lipinski definition) is 1. The number of nitrogens with zero attached hydrogens (tertiary/aromatic N) is 3. The third kappa shape index (κ3) is 4.23. The van der Waals surface area contributed by atoms with E-state index in [4.69, 9.17) is 12.2 Å². The molecule has 0 bridgehead atoms. The van der Waals surface area contributed by atoms with E-state index in [0.717, 1.165) is 37.2 Å². The summed E-state index contributed by atoms with van der Waals surface area (Å²) in [5.41, 5.74) is 2.36. The molecule has 1 N–H and O–H groups in total. The summed E-state index contributed by atoms with van der Waals surface area (Å²) in [7, 11) is 0. The van der Waals surface area contributed by atoms with Crippen molar-refractivity contribution in [1.82, 2.24) is 19.7 Å². The first-order valence-corrected chi connectivity index (χ1v) is 9.67. The van der Waals surface area contributed by atoms with Gasteiger partial charge in [-0.3, -0.25) is 14.5 Å². The van der Waals surface area contributed by atoms with Crippen LogP contribution in [0.2, 0.25) is 0 Å². The molecule has 3 rings (SSSR count). The molecule has 140 valence electrons. The van der Waals surface area contributed by atoms with Crippen LogP contribution in [0.15, 0.2) is 24.3 Å². The highest BCUT2D eigenvalue weighted by molar-refractivity contribution is 7.71. The van der Waals surface area contributed by atoms with Gasteiger partial charge in [-0.2, -0.15) is 5.10 Å². The van der Waals surface area contributed by atoms with Gasteiger partial charge in [-0.1, -0.05) is 50.6 Å². The van der Waals surface area contributed by atoms with Crippen molar-refractivity contribution in [2.24, 2.45) is 5.41 Å². The first kappa shape index (κ1) is 18.8. The number of hydrogen-bond acceptors (Lipinski definition) is 3. The third-order valence-electron chi connectivity index (χ3n) is 4.91. The SMILES string of the molecule is Cc1ccc(-c2n[nH]c(=S)n2CC(=O)N2CCC[C@@H]2CC(C)(C)C)cc1. The smallest absolute Gasteiger partial charge is 0.242 e. The zero-order valence-corrected chi connectivity index (χ0v) is 16.9. The third-order valence-corrected chi connectivity index (χ3v) is 5.22. The largest absolute Gasteiger partial charge is 0.338 e. The maximum Gasteiger partial charge on any atom is 0.242 e. The lowest BCUT2D eigenvalue weighted by Crippen LogP contribution is -2.39. The lowest BCUT2D eigenvalue weighted by molar-refractivity contribution is -0.133. The number of nitrogens with one attached hydrogen (secondary N) is 1. The van der Waals surface area contributed by atoms with Gasteiger partial charge in [-0.15, -0.1) is 0 Å². The Bertz CT molecular complexity index is 829. The van der Waals surface area contributed by atoms with Crippen molar-refractivity contribution < 1.29 is 4.79 Å². The molecule has 0 radical (unpaired) electrons. The van der Waals surface area contributed by atoms with Crippen LogP contribution in [0.1, 0.15) is 45.6 Å². The summed E-state index contributed by atoms with van der Waals surface area (Å²) in [4.78, 5) is 15.1. The van der Waals surface area contributed by atoms with Crippen LogP contribution in [0.25, 0.3) is 11.4 Å². The molecule has 1 aliphatic rings. The van der Waals surface area contributed by atoms with Crippen LogP contribution in [0.4, 0.5) is 0 Å². The summed E-state index contributed by atoms with van der Waals surface area (Å²) in [5, 5.41) is 7.19. The maximum absolute atomic E-state index is 13.0. The molecule has 0 spiro atoms. The summed E-state index contributed by atoms with van der Waals surface area (Å²) in [6.45, 7) is 9.82. The number of H-pyrrole nitrogens is 1. The average molecular weight is 373 g/mol. The van der Waals surface area contributed by atoms with Crippen LogP contribution in [-0.4, -0.2) is 38.2 Å². The lowest BCUT2D eigenvalue weighted by atomic mass is 9.87. The monoisotopic (exact) mass is 372 g/mol. The van der Waals surface area contributed by atoms with Crippen molar-refractivity contribution in [2.45, 2.75) is 59.5 Å². The highest BCUT2D eigenvalue weighted by Crippen LogP contribution is 2.30. The van der Waals surface area contributed by atoms with E-state index in [1.165, 1.54) is 5.56 Å². The van der Waals surface area contributed by atoms with Gasteiger partial charge < -0.3 is 4.90 Å². The summed E-state index contributed by atoms with van der Waals surface area (Å²) in [6.07, 6.45) is 3.19. The van der Waals surface area contributed by atoms with Crippen LogP contribution >= 0.6 is 12.2 Å². The van der Waals surface area contributed by atoms with Crippen molar-refractivity contribution in [3.05, 3.63) is 34.6 Å². The molecule has 2 aromatic rings. The first-order chi connectivity index (χ1) is 12.2. The fraction of sp³-hybridized carbons (Fsp3) is 0.550. The number of carbonyl (C=O) groups is 1. The number of aryl methyl sites for hydroxylation is 1. The maximum atomic E-state index is 13.0. The first-order valence-electron chi connectivity index (χ1n) is 9.26. The van der Waals surface area contributed by atoms with Gasteiger partial charge in [0.25, 0.3) is 0 Å².